The number of halogens is 1. The van der Waals surface area contributed by atoms with Crippen LogP contribution in [0.25, 0.3) is 0 Å². The number of rotatable bonds is 10. The molecule has 0 aliphatic carbocycles. The molecule has 4 nitrogen and oxygen atoms in total. The molecular weight excluding hydrogens is 503 g/mol. The Labute approximate surface area is 198 Å². The Morgan fingerprint density at radius 1 is 1.50 bits per heavy atom. The van der Waals surface area contributed by atoms with Gasteiger partial charge < -0.3 is 5.73 Å². The van der Waals surface area contributed by atoms with Crippen LogP contribution in [-0.2, 0) is 0 Å². The van der Waals surface area contributed by atoms with Crippen molar-refractivity contribution in [3.05, 3.63) is 23.1 Å². The van der Waals surface area contributed by atoms with Gasteiger partial charge in [-0.1, -0.05) is 40.2 Å². The second-order valence-electron chi connectivity index (χ2n) is 8.83. The summed E-state index contributed by atoms with van der Waals surface area (Å²) in [6.07, 6.45) is 9.25. The minimum absolute atomic E-state index is 0.0826. The molecule has 0 aromatic rings. The van der Waals surface area contributed by atoms with Crippen molar-refractivity contribution in [2.75, 3.05) is 18.0 Å². The van der Waals surface area contributed by atoms with Gasteiger partial charge in [0.2, 0.25) is 0 Å². The van der Waals surface area contributed by atoms with Crippen LogP contribution in [0.5, 0.6) is 0 Å². The third-order valence-corrected chi connectivity index (χ3v) is 10.2. The summed E-state index contributed by atoms with van der Waals surface area (Å²) in [5.74, 6) is 2.58. The summed E-state index contributed by atoms with van der Waals surface area (Å²) in [6, 6.07) is 0. The lowest BCUT2D eigenvalue weighted by atomic mass is 9.89. The molecule has 3 N–H and O–H groups in total. The molecule has 0 aromatic carbocycles. The van der Waals surface area contributed by atoms with Gasteiger partial charge >= 0.3 is 0 Å². The van der Waals surface area contributed by atoms with Crippen molar-refractivity contribution < 1.29 is 0 Å². The van der Waals surface area contributed by atoms with Gasteiger partial charge in [-0.15, -0.1) is 32.5 Å². The zero-order chi connectivity index (χ0) is 22.1. The summed E-state index contributed by atoms with van der Waals surface area (Å²) in [6.45, 7) is 12.1. The van der Waals surface area contributed by atoms with Crippen molar-refractivity contribution in [3.8, 4) is 0 Å². The molecule has 3 unspecified atom stereocenters. The van der Waals surface area contributed by atoms with E-state index in [-0.39, 0.29) is 26.4 Å². The fourth-order valence-electron chi connectivity index (χ4n) is 3.81. The average Bonchev–Trinajstić information content (AvgIpc) is 3.16. The van der Waals surface area contributed by atoms with E-state index in [9.17, 15) is 0 Å². The summed E-state index contributed by atoms with van der Waals surface area (Å²) >= 11 is 1.85. The van der Waals surface area contributed by atoms with Crippen molar-refractivity contribution in [3.63, 3.8) is 0 Å². The SMILES string of the molecule is CCC[C@@H](CI=CC1(C2=CSC(C)C2)N=C(N)C(C)CN1)[C@@H](C)C/C=C\C(C)=NC. The molecule has 170 valence electrons. The van der Waals surface area contributed by atoms with E-state index in [1.807, 2.05) is 18.8 Å². The number of thioether (sulfide) groups is 1. The first-order valence-corrected chi connectivity index (χ1v) is 15.0. The van der Waals surface area contributed by atoms with Gasteiger partial charge in [-0.25, -0.2) is 4.99 Å². The molecular formula is C24H41IN4S. The van der Waals surface area contributed by atoms with Crippen LogP contribution in [-0.4, -0.2) is 44.5 Å². The van der Waals surface area contributed by atoms with Crippen molar-refractivity contribution in [2.45, 2.75) is 71.2 Å². The van der Waals surface area contributed by atoms with Crippen LogP contribution >= 0.6 is 32.5 Å². The molecule has 2 aliphatic heterocycles. The maximum absolute atomic E-state index is 6.33. The highest BCUT2D eigenvalue weighted by Crippen LogP contribution is 2.38. The molecule has 0 bridgehead atoms. The molecule has 2 heterocycles. The number of amidine groups is 1. The summed E-state index contributed by atoms with van der Waals surface area (Å²) in [5.41, 5.74) is 8.48. The first-order chi connectivity index (χ1) is 14.3. The van der Waals surface area contributed by atoms with Crippen LogP contribution in [0.3, 0.4) is 0 Å². The molecule has 5 atom stereocenters. The van der Waals surface area contributed by atoms with Gasteiger partial charge in [0, 0.05) is 30.5 Å². The zero-order valence-corrected chi connectivity index (χ0v) is 22.6. The Hall–Kier alpha value is -0.470. The van der Waals surface area contributed by atoms with Crippen LogP contribution in [0, 0.1) is 17.8 Å². The standard InChI is InChI=1S/C24H41IN4S/c1-7-9-21(17(2)10-8-11-19(4)27-6)13-25-16-24(22-12-20(5)30-15-22)28-14-18(3)23(26)29-24/h8,11,15-18,20-21,28H,7,9-10,12-14H2,1-6H3,(H2,26,29)/b11-8-,27-19?/t17-,18?,20?,21-,24?/m0/s1. The van der Waals surface area contributed by atoms with E-state index in [0.29, 0.717) is 17.1 Å². The van der Waals surface area contributed by atoms with Crippen LogP contribution in [0.2, 0.25) is 0 Å². The Bertz CT molecular complexity index is 712. The number of nitrogens with zero attached hydrogens (tertiary/aromatic N) is 2. The molecule has 6 heteroatoms. The topological polar surface area (TPSA) is 62.8 Å². The summed E-state index contributed by atoms with van der Waals surface area (Å²) < 4.78 is 3.83. The van der Waals surface area contributed by atoms with Crippen molar-refractivity contribution in [1.29, 1.82) is 0 Å². The van der Waals surface area contributed by atoms with Crippen molar-refractivity contribution in [1.82, 2.24) is 5.32 Å². The van der Waals surface area contributed by atoms with E-state index in [4.69, 9.17) is 10.7 Å². The first-order valence-electron chi connectivity index (χ1n) is 11.3. The smallest absolute Gasteiger partial charge is 0.159 e. The Balaban J connectivity index is 2.12. The minimum Gasteiger partial charge on any atom is -0.387 e. The lowest BCUT2D eigenvalue weighted by Gasteiger charge is -2.36. The largest absolute Gasteiger partial charge is 0.387 e. The third kappa shape index (κ3) is 7.30. The molecule has 0 saturated heterocycles. The van der Waals surface area contributed by atoms with Gasteiger partial charge in [-0.05, 0) is 63.5 Å². The van der Waals surface area contributed by atoms with Crippen LogP contribution in [0.15, 0.2) is 33.1 Å². The minimum atomic E-state index is -0.351. The van der Waals surface area contributed by atoms with Gasteiger partial charge in [0.15, 0.2) is 5.66 Å². The van der Waals surface area contributed by atoms with E-state index in [0.717, 1.165) is 36.9 Å². The second kappa shape index (κ2) is 12.5. The zero-order valence-electron chi connectivity index (χ0n) is 19.6. The van der Waals surface area contributed by atoms with E-state index in [1.165, 1.54) is 22.8 Å². The first kappa shape index (κ1) is 25.8. The predicted octanol–water partition coefficient (Wildman–Crippen LogP) is 5.55. The number of nitrogens with one attached hydrogen (secondary N) is 1. The van der Waals surface area contributed by atoms with Crippen molar-refractivity contribution >= 4 is 48.1 Å². The molecule has 0 saturated carbocycles. The molecule has 0 spiro atoms. The monoisotopic (exact) mass is 544 g/mol. The molecule has 2 aliphatic rings. The number of hydrogen-bond donors (Lipinski definition) is 2. The number of alkyl halides is 1. The maximum atomic E-state index is 6.33. The highest BCUT2D eigenvalue weighted by Gasteiger charge is 2.38. The van der Waals surface area contributed by atoms with Crippen LogP contribution in [0.1, 0.15) is 60.3 Å². The highest BCUT2D eigenvalue weighted by atomic mass is 127. The molecule has 0 amide bonds. The van der Waals surface area contributed by atoms with Crippen LogP contribution < -0.4 is 11.1 Å². The highest BCUT2D eigenvalue weighted by molar-refractivity contribution is 14.2. The quantitative estimate of drug-likeness (QED) is 0.215. The molecule has 0 aromatic heterocycles. The molecule has 30 heavy (non-hydrogen) atoms. The Morgan fingerprint density at radius 3 is 2.87 bits per heavy atom. The number of nitrogens with two attached hydrogens (primary N) is 1. The predicted molar refractivity (Wildman–Crippen MR) is 147 cm³/mol. The van der Waals surface area contributed by atoms with Gasteiger partial charge in [0.1, 0.15) is 5.84 Å². The lowest BCUT2D eigenvalue weighted by Crippen LogP contribution is -2.54. The van der Waals surface area contributed by atoms with E-state index >= 15 is 0 Å². The average molecular weight is 545 g/mol. The summed E-state index contributed by atoms with van der Waals surface area (Å²) in [5, 5.41) is 6.73. The fourth-order valence-corrected chi connectivity index (χ4v) is 8.37. The summed E-state index contributed by atoms with van der Waals surface area (Å²) in [4.78, 5) is 9.25. The Morgan fingerprint density at radius 2 is 2.27 bits per heavy atom. The summed E-state index contributed by atoms with van der Waals surface area (Å²) in [7, 11) is 1.85. The second-order valence-corrected chi connectivity index (χ2v) is 12.5. The van der Waals surface area contributed by atoms with Gasteiger partial charge in [0.25, 0.3) is 0 Å². The maximum Gasteiger partial charge on any atom is 0.159 e. The van der Waals surface area contributed by atoms with Gasteiger partial charge in [-0.2, -0.15) is 0 Å². The van der Waals surface area contributed by atoms with Crippen molar-refractivity contribution in [2.24, 2.45) is 33.5 Å². The molecule has 0 radical (unpaired) electrons. The Kier molecular flexibility index (Phi) is 10.8. The van der Waals surface area contributed by atoms with Gasteiger partial charge in [0.05, 0.1) is 0 Å². The van der Waals surface area contributed by atoms with E-state index < -0.39 is 0 Å². The van der Waals surface area contributed by atoms with Gasteiger partial charge in [-0.3, -0.25) is 10.3 Å². The number of aliphatic imine (C=N–C) groups is 2. The molecule has 0 fully saturated rings. The van der Waals surface area contributed by atoms with E-state index in [2.05, 4.69) is 66.5 Å². The van der Waals surface area contributed by atoms with Crippen LogP contribution in [0.4, 0.5) is 0 Å². The normalized spacial score (nSPS) is 30.3. The third-order valence-electron chi connectivity index (χ3n) is 6.13. The fraction of sp³-hybridized carbons (Fsp3) is 0.708. The lowest BCUT2D eigenvalue weighted by molar-refractivity contribution is 0.375. The number of allylic oxidation sites excluding steroid dienone is 2. The van der Waals surface area contributed by atoms with E-state index in [1.54, 1.807) is 0 Å². The molecule has 2 rings (SSSR count). The number of hydrogen-bond acceptors (Lipinski definition) is 5.